The van der Waals surface area contributed by atoms with E-state index in [0.29, 0.717) is 6.42 Å². The van der Waals surface area contributed by atoms with Crippen LogP contribution in [0.15, 0.2) is 17.0 Å². The van der Waals surface area contributed by atoms with E-state index in [1.54, 1.807) is 11.8 Å². The number of thioether (sulfide) groups is 1. The fourth-order valence-corrected chi connectivity index (χ4v) is 4.40. The van der Waals surface area contributed by atoms with Crippen LogP contribution in [0.25, 0.3) is 0 Å². The molecule has 0 aromatic heterocycles. The molecule has 5 nitrogen and oxygen atoms in total. The van der Waals surface area contributed by atoms with Gasteiger partial charge in [-0.05, 0) is 30.1 Å². The maximum Gasteiger partial charge on any atom is 0.339 e. The largest absolute Gasteiger partial charge is 0.494 e. The van der Waals surface area contributed by atoms with E-state index in [2.05, 4.69) is 0 Å². The zero-order chi connectivity index (χ0) is 16.0. The van der Waals surface area contributed by atoms with E-state index in [4.69, 9.17) is 21.4 Å². The van der Waals surface area contributed by atoms with Crippen molar-refractivity contribution < 1.29 is 23.1 Å². The summed E-state index contributed by atoms with van der Waals surface area (Å²) in [7, 11) is -2.41. The first-order valence-electron chi connectivity index (χ1n) is 6.24. The lowest BCUT2D eigenvalue weighted by molar-refractivity contribution is 0.0693. The molecule has 1 aromatic carbocycles. The van der Waals surface area contributed by atoms with Gasteiger partial charge in [0.1, 0.15) is 10.5 Å². The van der Waals surface area contributed by atoms with Crippen molar-refractivity contribution >= 4 is 39.2 Å². The standard InChI is InChI=1S/C13H17ClO5S2/c1-3-20-5-4-6-21(17,18)11-8-9(14)7-10(13(15)16)12(11)19-2/h7-8H,3-6H2,1-2H3,(H,15,16). The number of aromatic carboxylic acids is 1. The SMILES string of the molecule is CCSCCCS(=O)(=O)c1cc(Cl)cc(C(=O)O)c1OC. The summed E-state index contributed by atoms with van der Waals surface area (Å²) in [4.78, 5) is 11.0. The maximum atomic E-state index is 12.4. The van der Waals surface area contributed by atoms with Crippen LogP contribution in [0.3, 0.4) is 0 Å². The lowest BCUT2D eigenvalue weighted by Crippen LogP contribution is -2.12. The molecular weight excluding hydrogens is 336 g/mol. The van der Waals surface area contributed by atoms with E-state index in [1.165, 1.54) is 19.2 Å². The molecule has 118 valence electrons. The highest BCUT2D eigenvalue weighted by atomic mass is 35.5. The van der Waals surface area contributed by atoms with Crippen molar-refractivity contribution in [2.45, 2.75) is 18.2 Å². The molecule has 8 heteroatoms. The molecule has 0 saturated carbocycles. The topological polar surface area (TPSA) is 80.7 Å². The average Bonchev–Trinajstić information content (AvgIpc) is 2.42. The van der Waals surface area contributed by atoms with Crippen molar-refractivity contribution in [2.75, 3.05) is 24.4 Å². The summed E-state index contributed by atoms with van der Waals surface area (Å²) in [5.41, 5.74) is -0.258. The summed E-state index contributed by atoms with van der Waals surface area (Å²) < 4.78 is 29.7. The number of ether oxygens (including phenoxy) is 1. The molecule has 0 aliphatic heterocycles. The lowest BCUT2D eigenvalue weighted by Gasteiger charge is -2.12. The first-order chi connectivity index (χ1) is 9.83. The molecule has 21 heavy (non-hydrogen) atoms. The second-order valence-corrected chi connectivity index (χ2v) is 8.07. The van der Waals surface area contributed by atoms with Gasteiger partial charge in [0, 0.05) is 5.02 Å². The molecule has 0 radical (unpaired) electrons. The highest BCUT2D eigenvalue weighted by Gasteiger charge is 2.25. The third-order valence-electron chi connectivity index (χ3n) is 2.70. The number of sulfone groups is 1. The number of halogens is 1. The van der Waals surface area contributed by atoms with Gasteiger partial charge in [0.05, 0.1) is 12.9 Å². The Morgan fingerprint density at radius 2 is 2.10 bits per heavy atom. The normalized spacial score (nSPS) is 11.4. The van der Waals surface area contributed by atoms with Crippen molar-refractivity contribution in [1.82, 2.24) is 0 Å². The Labute approximate surface area is 133 Å². The molecule has 1 N–H and O–H groups in total. The highest BCUT2D eigenvalue weighted by Crippen LogP contribution is 2.32. The molecule has 1 rings (SSSR count). The Bertz CT molecular complexity index is 613. The summed E-state index contributed by atoms with van der Waals surface area (Å²) in [6.45, 7) is 2.00. The van der Waals surface area contributed by atoms with Gasteiger partial charge in [-0.1, -0.05) is 18.5 Å². The van der Waals surface area contributed by atoms with Crippen LogP contribution in [0.1, 0.15) is 23.7 Å². The third kappa shape index (κ3) is 4.79. The van der Waals surface area contributed by atoms with Gasteiger partial charge in [0.15, 0.2) is 15.6 Å². The predicted molar refractivity (Wildman–Crippen MR) is 84.6 cm³/mol. The van der Waals surface area contributed by atoms with Crippen molar-refractivity contribution in [3.63, 3.8) is 0 Å². The van der Waals surface area contributed by atoms with Gasteiger partial charge in [-0.15, -0.1) is 0 Å². The number of hydrogen-bond acceptors (Lipinski definition) is 5. The Kier molecular flexibility index (Phi) is 6.83. The van der Waals surface area contributed by atoms with E-state index in [-0.39, 0.29) is 27.0 Å². The number of hydrogen-bond donors (Lipinski definition) is 1. The van der Waals surface area contributed by atoms with Gasteiger partial charge < -0.3 is 9.84 Å². The number of benzene rings is 1. The molecular formula is C13H17ClO5S2. The Hall–Kier alpha value is -0.920. The van der Waals surface area contributed by atoms with Crippen molar-refractivity contribution in [2.24, 2.45) is 0 Å². The van der Waals surface area contributed by atoms with Gasteiger partial charge in [0.2, 0.25) is 0 Å². The zero-order valence-electron chi connectivity index (χ0n) is 11.8. The van der Waals surface area contributed by atoms with Crippen molar-refractivity contribution in [3.8, 4) is 5.75 Å². The minimum absolute atomic E-state index is 0.0507. The van der Waals surface area contributed by atoms with Crippen LogP contribution in [-0.2, 0) is 9.84 Å². The quantitative estimate of drug-likeness (QED) is 0.724. The van der Waals surface area contributed by atoms with Crippen LogP contribution in [0, 0.1) is 0 Å². The molecule has 0 amide bonds. The second kappa shape index (κ2) is 7.91. The fourth-order valence-electron chi connectivity index (χ4n) is 1.77. The minimum atomic E-state index is -3.65. The van der Waals surface area contributed by atoms with Crippen LogP contribution < -0.4 is 4.74 Å². The molecule has 1 aromatic rings. The molecule has 0 fully saturated rings. The summed E-state index contributed by atoms with van der Waals surface area (Å²) >= 11 is 7.47. The molecule has 0 heterocycles. The third-order valence-corrected chi connectivity index (χ3v) is 5.70. The summed E-state index contributed by atoms with van der Waals surface area (Å²) in [5, 5.41) is 9.17. The number of carboxylic acid groups (broad SMARTS) is 1. The number of methoxy groups -OCH3 is 1. The smallest absolute Gasteiger partial charge is 0.339 e. The Morgan fingerprint density at radius 3 is 2.62 bits per heavy atom. The molecule has 0 unspecified atom stereocenters. The summed E-state index contributed by atoms with van der Waals surface area (Å²) in [5.74, 6) is 0.117. The first kappa shape index (κ1) is 18.1. The van der Waals surface area contributed by atoms with Crippen LogP contribution in [0.2, 0.25) is 5.02 Å². The Morgan fingerprint density at radius 1 is 1.43 bits per heavy atom. The number of rotatable bonds is 8. The summed E-state index contributed by atoms with van der Waals surface area (Å²) in [6.07, 6.45) is 0.485. The molecule has 0 atom stereocenters. The van der Waals surface area contributed by atoms with Gasteiger partial charge in [-0.25, -0.2) is 13.2 Å². The van der Waals surface area contributed by atoms with Gasteiger partial charge >= 0.3 is 5.97 Å². The van der Waals surface area contributed by atoms with Crippen LogP contribution in [0.4, 0.5) is 0 Å². The van der Waals surface area contributed by atoms with E-state index >= 15 is 0 Å². The zero-order valence-corrected chi connectivity index (χ0v) is 14.1. The number of carboxylic acids is 1. The molecule has 0 aliphatic carbocycles. The molecule has 0 spiro atoms. The second-order valence-electron chi connectivity index (χ2n) is 4.16. The first-order valence-corrected chi connectivity index (χ1v) is 9.43. The monoisotopic (exact) mass is 352 g/mol. The van der Waals surface area contributed by atoms with E-state index in [1.807, 2.05) is 6.92 Å². The number of carbonyl (C=O) groups is 1. The predicted octanol–water partition coefficient (Wildman–Crippen LogP) is 2.96. The fraction of sp³-hybridized carbons (Fsp3) is 0.462. The van der Waals surface area contributed by atoms with E-state index in [9.17, 15) is 13.2 Å². The molecule has 0 aliphatic rings. The molecule has 0 bridgehead atoms. The van der Waals surface area contributed by atoms with Crippen LogP contribution in [0.5, 0.6) is 5.75 Å². The Balaban J connectivity index is 3.19. The summed E-state index contributed by atoms with van der Waals surface area (Å²) in [6, 6.07) is 2.41. The van der Waals surface area contributed by atoms with Gasteiger partial charge in [-0.3, -0.25) is 0 Å². The maximum absolute atomic E-state index is 12.4. The van der Waals surface area contributed by atoms with Crippen molar-refractivity contribution in [1.29, 1.82) is 0 Å². The average molecular weight is 353 g/mol. The minimum Gasteiger partial charge on any atom is -0.494 e. The highest BCUT2D eigenvalue weighted by molar-refractivity contribution is 7.99. The van der Waals surface area contributed by atoms with Gasteiger partial charge in [0.25, 0.3) is 0 Å². The van der Waals surface area contributed by atoms with Gasteiger partial charge in [-0.2, -0.15) is 11.8 Å². The van der Waals surface area contributed by atoms with E-state index < -0.39 is 15.8 Å². The van der Waals surface area contributed by atoms with Crippen LogP contribution in [-0.4, -0.2) is 43.9 Å². The van der Waals surface area contributed by atoms with E-state index in [0.717, 1.165) is 11.5 Å². The lowest BCUT2D eigenvalue weighted by atomic mass is 10.2. The van der Waals surface area contributed by atoms with Crippen molar-refractivity contribution in [3.05, 3.63) is 22.7 Å². The molecule has 0 saturated heterocycles. The van der Waals surface area contributed by atoms with Crippen LogP contribution >= 0.6 is 23.4 Å².